The topological polar surface area (TPSA) is 162 Å². The molecule has 0 saturated heterocycles. The van der Waals surface area contributed by atoms with Gasteiger partial charge in [-0.15, -0.1) is 0 Å². The molecule has 0 spiro atoms. The second-order valence-corrected chi connectivity index (χ2v) is 21.4. The summed E-state index contributed by atoms with van der Waals surface area (Å²) in [6, 6.07) is 9.57. The third-order valence-corrected chi connectivity index (χ3v) is 17.1. The largest absolute Gasteiger partial charge is 0.481 e. The molecular formula is C48H71NO9. The van der Waals surface area contributed by atoms with Crippen LogP contribution >= 0.6 is 0 Å². The van der Waals surface area contributed by atoms with Crippen LogP contribution in [0.5, 0.6) is 0 Å². The highest BCUT2D eigenvalue weighted by Crippen LogP contribution is 2.77. The molecule has 0 heterocycles. The molecule has 4 saturated carbocycles. The number of carbonyl (C=O) groups excluding carboxylic acids is 3. The third-order valence-electron chi connectivity index (χ3n) is 17.1. The van der Waals surface area contributed by atoms with Crippen molar-refractivity contribution in [2.24, 2.45) is 56.2 Å². The van der Waals surface area contributed by atoms with E-state index in [0.717, 1.165) is 61.7 Å². The summed E-state index contributed by atoms with van der Waals surface area (Å²) in [6.07, 6.45) is 4.33. The lowest BCUT2D eigenvalue weighted by Gasteiger charge is -2.72. The van der Waals surface area contributed by atoms with Crippen molar-refractivity contribution in [1.82, 2.24) is 4.90 Å². The molecule has 0 aliphatic heterocycles. The van der Waals surface area contributed by atoms with Crippen molar-refractivity contribution in [3.63, 3.8) is 0 Å². The van der Waals surface area contributed by atoms with Crippen molar-refractivity contribution in [3.05, 3.63) is 47.0 Å². The number of esters is 1. The van der Waals surface area contributed by atoms with Crippen molar-refractivity contribution < 1.29 is 44.3 Å². The third kappa shape index (κ3) is 7.29. The van der Waals surface area contributed by atoms with Gasteiger partial charge in [-0.05, 0) is 116 Å². The van der Waals surface area contributed by atoms with Crippen molar-refractivity contribution >= 4 is 23.6 Å². The predicted octanol–water partition coefficient (Wildman–Crippen LogP) is 7.51. The van der Waals surface area contributed by atoms with Crippen molar-refractivity contribution in [3.8, 4) is 0 Å². The normalized spacial score (nSPS) is 35.3. The predicted molar refractivity (Wildman–Crippen MR) is 221 cm³/mol. The number of ketones is 1. The molecule has 1 aromatic rings. The Bertz CT molecular complexity index is 1790. The number of allylic oxidation sites excluding steroid dienone is 1. The SMILES string of the molecule is CC(C)C1=C2[C@H]3CCC4[C@@]5(C)CC[C@H](OC(=O)CC(C)(C)C(=O)O)C(C)(C)[C@@H]5CC[C@@]4(C)[C@]3(C)CC[C@@]2([C@@H](O)CN(Cc2ccccc2)C(=O)CC(O)CO)CC1=O. The molecule has 5 aliphatic carbocycles. The average Bonchev–Trinajstić information content (AvgIpc) is 3.46. The van der Waals surface area contributed by atoms with Crippen LogP contribution in [-0.2, 0) is 30.5 Å². The van der Waals surface area contributed by atoms with Gasteiger partial charge in [0.15, 0.2) is 5.78 Å². The van der Waals surface area contributed by atoms with E-state index in [4.69, 9.17) is 4.74 Å². The van der Waals surface area contributed by atoms with Crippen molar-refractivity contribution in [2.45, 2.75) is 158 Å². The summed E-state index contributed by atoms with van der Waals surface area (Å²) < 4.78 is 6.17. The lowest BCUT2D eigenvalue weighted by molar-refractivity contribution is -0.235. The van der Waals surface area contributed by atoms with Gasteiger partial charge in [0.2, 0.25) is 5.91 Å². The highest BCUT2D eigenvalue weighted by Gasteiger charge is 2.71. The number of rotatable bonds is 13. The van der Waals surface area contributed by atoms with Gasteiger partial charge in [0.05, 0.1) is 37.1 Å². The van der Waals surface area contributed by atoms with Gasteiger partial charge in [0.1, 0.15) is 6.10 Å². The maximum absolute atomic E-state index is 14.3. The van der Waals surface area contributed by atoms with Crippen LogP contribution in [0, 0.1) is 56.2 Å². The van der Waals surface area contributed by atoms with E-state index in [0.29, 0.717) is 18.3 Å². The van der Waals surface area contributed by atoms with Gasteiger partial charge in [-0.1, -0.05) is 84.4 Å². The molecule has 2 unspecified atom stereocenters. The molecule has 322 valence electrons. The highest BCUT2D eigenvalue weighted by molar-refractivity contribution is 6.00. The summed E-state index contributed by atoms with van der Waals surface area (Å²) in [5, 5.41) is 42.0. The summed E-state index contributed by atoms with van der Waals surface area (Å²) in [5.74, 6) is -0.930. The van der Waals surface area contributed by atoms with Crippen LogP contribution in [0.15, 0.2) is 41.5 Å². The summed E-state index contributed by atoms with van der Waals surface area (Å²) in [6.45, 7) is 18.9. The van der Waals surface area contributed by atoms with Crippen LogP contribution in [0.25, 0.3) is 0 Å². The number of Topliss-reactive ketones (excluding diaryl/α,β-unsaturated/α-hetero) is 1. The molecule has 1 amide bonds. The lowest BCUT2D eigenvalue weighted by atomic mass is 9.33. The van der Waals surface area contributed by atoms with E-state index >= 15 is 0 Å². The average molecular weight is 806 g/mol. The molecule has 10 heteroatoms. The Hall–Kier alpha value is -3.08. The number of amides is 1. The Labute approximate surface area is 346 Å². The van der Waals surface area contributed by atoms with E-state index in [1.54, 1.807) is 18.7 Å². The summed E-state index contributed by atoms with van der Waals surface area (Å²) in [5.41, 5.74) is 0.373. The number of nitrogens with zero attached hydrogens (tertiary/aromatic N) is 1. The van der Waals surface area contributed by atoms with E-state index < -0.39 is 41.6 Å². The smallest absolute Gasteiger partial charge is 0.309 e. The van der Waals surface area contributed by atoms with Crippen molar-refractivity contribution in [2.75, 3.05) is 13.2 Å². The molecule has 0 bridgehead atoms. The van der Waals surface area contributed by atoms with Gasteiger partial charge in [-0.25, -0.2) is 0 Å². The lowest BCUT2D eigenvalue weighted by Crippen LogP contribution is -2.66. The fraction of sp³-hybridized carbons (Fsp3) is 0.750. The number of carboxylic acid groups (broad SMARTS) is 1. The van der Waals surface area contributed by atoms with Crippen LogP contribution < -0.4 is 0 Å². The van der Waals surface area contributed by atoms with Crippen LogP contribution in [-0.4, -0.2) is 80.4 Å². The van der Waals surface area contributed by atoms with Gasteiger partial charge in [0.25, 0.3) is 0 Å². The Kier molecular flexibility index (Phi) is 12.1. The zero-order chi connectivity index (χ0) is 42.8. The van der Waals surface area contributed by atoms with E-state index in [2.05, 4.69) is 48.5 Å². The summed E-state index contributed by atoms with van der Waals surface area (Å²) in [4.78, 5) is 54.5. The first-order valence-electron chi connectivity index (χ1n) is 22.0. The summed E-state index contributed by atoms with van der Waals surface area (Å²) in [7, 11) is 0. The Morgan fingerprint density at radius 1 is 0.897 bits per heavy atom. The second kappa shape index (κ2) is 15.7. The number of ether oxygens (including phenoxy) is 1. The van der Waals surface area contributed by atoms with Crippen LogP contribution in [0.1, 0.15) is 139 Å². The number of hydrogen-bond acceptors (Lipinski definition) is 8. The molecule has 4 N–H and O–H groups in total. The molecule has 0 aromatic heterocycles. The number of benzene rings is 1. The first kappa shape index (κ1) is 44.5. The minimum Gasteiger partial charge on any atom is -0.481 e. The van der Waals surface area contributed by atoms with Gasteiger partial charge in [-0.2, -0.15) is 0 Å². The maximum atomic E-state index is 14.3. The Morgan fingerprint density at radius 2 is 1.57 bits per heavy atom. The van der Waals surface area contributed by atoms with E-state index in [9.17, 15) is 39.6 Å². The monoisotopic (exact) mass is 806 g/mol. The number of aliphatic carboxylic acids is 1. The number of carboxylic acids is 1. The van der Waals surface area contributed by atoms with Gasteiger partial charge < -0.3 is 30.1 Å². The molecule has 10 nitrogen and oxygen atoms in total. The first-order chi connectivity index (χ1) is 27.0. The molecule has 4 fully saturated rings. The fourth-order valence-electron chi connectivity index (χ4n) is 13.7. The van der Waals surface area contributed by atoms with Gasteiger partial charge >= 0.3 is 11.9 Å². The quantitative estimate of drug-likeness (QED) is 0.148. The summed E-state index contributed by atoms with van der Waals surface area (Å²) >= 11 is 0. The highest BCUT2D eigenvalue weighted by atomic mass is 16.5. The minimum absolute atomic E-state index is 0.0139. The van der Waals surface area contributed by atoms with E-state index in [-0.39, 0.29) is 83.6 Å². The zero-order valence-corrected chi connectivity index (χ0v) is 36.6. The maximum Gasteiger partial charge on any atom is 0.309 e. The Morgan fingerprint density at radius 3 is 2.19 bits per heavy atom. The molecule has 10 atom stereocenters. The molecule has 6 rings (SSSR count). The number of aliphatic hydroxyl groups is 3. The molecule has 5 aliphatic rings. The molecule has 58 heavy (non-hydrogen) atoms. The van der Waals surface area contributed by atoms with Crippen LogP contribution in [0.4, 0.5) is 0 Å². The first-order valence-corrected chi connectivity index (χ1v) is 22.0. The zero-order valence-electron chi connectivity index (χ0n) is 36.6. The van der Waals surface area contributed by atoms with E-state index in [1.165, 1.54) is 0 Å². The number of fused-ring (bicyclic) bond motifs is 7. The molecule has 1 aromatic carbocycles. The number of carbonyl (C=O) groups is 4. The molecule has 0 radical (unpaired) electrons. The Balaban J connectivity index is 1.30. The molecular weight excluding hydrogens is 735 g/mol. The van der Waals surface area contributed by atoms with Gasteiger partial charge in [0, 0.05) is 30.3 Å². The van der Waals surface area contributed by atoms with Crippen LogP contribution in [0.2, 0.25) is 0 Å². The van der Waals surface area contributed by atoms with Crippen LogP contribution in [0.3, 0.4) is 0 Å². The standard InChI is InChI=1S/C48H71NO9/c1-29(2)40-33(52)24-48(36(53)27-49(38(54)23-31(51)28-50)26-30-13-11-10-12-14-30)22-21-46(8)32(41(40)48)15-16-35-45(7)19-18-37(58-39(55)25-43(3,4)42(56)57)44(5,6)34(45)17-20-47(35,46)9/h10-14,29,31-32,34-37,50-51,53H,15-28H2,1-9H3,(H,56,57)/t31?,32-,34+,35?,36+,37+,45+,46-,47-,48+/m1/s1. The minimum atomic E-state index is -1.20. The number of aliphatic hydroxyl groups excluding tert-OH is 3. The second-order valence-electron chi connectivity index (χ2n) is 21.4. The number of hydrogen-bond donors (Lipinski definition) is 4. The fourth-order valence-corrected chi connectivity index (χ4v) is 13.7. The van der Waals surface area contributed by atoms with E-state index in [1.807, 2.05) is 30.3 Å². The van der Waals surface area contributed by atoms with Gasteiger partial charge in [-0.3, -0.25) is 19.2 Å². The van der Waals surface area contributed by atoms with Crippen molar-refractivity contribution in [1.29, 1.82) is 0 Å².